The number of halogens is 2. The van der Waals surface area contributed by atoms with Crippen LogP contribution in [0.15, 0.2) is 71.5 Å². The van der Waals surface area contributed by atoms with Gasteiger partial charge >= 0.3 is 0 Å². The number of anilines is 1. The maximum atomic E-state index is 13.9. The van der Waals surface area contributed by atoms with Gasteiger partial charge in [0.25, 0.3) is 5.56 Å². The van der Waals surface area contributed by atoms with Gasteiger partial charge in [-0.05, 0) is 55.5 Å². The fourth-order valence-electron chi connectivity index (χ4n) is 3.31. The second-order valence-corrected chi connectivity index (χ2v) is 7.20. The Labute approximate surface area is 176 Å². The maximum absolute atomic E-state index is 13.9. The second kappa shape index (κ2) is 8.08. The molecule has 0 unspecified atom stereocenters. The Balaban J connectivity index is 1.57. The van der Waals surface area contributed by atoms with Crippen molar-refractivity contribution in [3.63, 3.8) is 0 Å². The first-order valence-corrected chi connectivity index (χ1v) is 9.63. The number of carbonyl (C=O) groups excluding carboxylic acids is 1. The number of para-hydroxylation sites is 1. The molecule has 4 aromatic rings. The minimum Gasteiger partial charge on any atom is -0.326 e. The van der Waals surface area contributed by atoms with Crippen LogP contribution in [-0.2, 0) is 11.2 Å². The van der Waals surface area contributed by atoms with E-state index >= 15 is 0 Å². The number of nitrogens with zero attached hydrogens (tertiary/aromatic N) is 2. The van der Waals surface area contributed by atoms with E-state index in [2.05, 4.69) is 10.3 Å². The van der Waals surface area contributed by atoms with Crippen LogP contribution in [0.25, 0.3) is 16.6 Å². The molecule has 5 nitrogen and oxygen atoms in total. The lowest BCUT2D eigenvalue weighted by atomic mass is 10.1. The Morgan fingerprint density at radius 1 is 1.07 bits per heavy atom. The van der Waals surface area contributed by atoms with Crippen LogP contribution in [0.3, 0.4) is 0 Å². The summed E-state index contributed by atoms with van der Waals surface area (Å²) in [6.45, 7) is 1.77. The largest absolute Gasteiger partial charge is 0.326 e. The molecule has 0 radical (unpaired) electrons. The van der Waals surface area contributed by atoms with Gasteiger partial charge in [0.1, 0.15) is 11.6 Å². The third kappa shape index (κ3) is 3.82. The minimum absolute atomic E-state index is 0.151. The van der Waals surface area contributed by atoms with E-state index in [4.69, 9.17) is 11.6 Å². The first kappa shape index (κ1) is 19.8. The van der Waals surface area contributed by atoms with E-state index in [1.165, 1.54) is 16.7 Å². The van der Waals surface area contributed by atoms with Crippen LogP contribution >= 0.6 is 11.6 Å². The summed E-state index contributed by atoms with van der Waals surface area (Å²) in [4.78, 5) is 29.7. The van der Waals surface area contributed by atoms with Crippen LogP contribution in [0.5, 0.6) is 0 Å². The van der Waals surface area contributed by atoms with E-state index in [-0.39, 0.29) is 22.6 Å². The maximum Gasteiger partial charge on any atom is 0.265 e. The lowest BCUT2D eigenvalue weighted by Gasteiger charge is -2.12. The normalized spacial score (nSPS) is 10.9. The molecule has 1 N–H and O–H groups in total. The number of hydrogen-bond acceptors (Lipinski definition) is 3. The molecule has 0 atom stereocenters. The summed E-state index contributed by atoms with van der Waals surface area (Å²) in [6, 6.07) is 18.3. The summed E-state index contributed by atoms with van der Waals surface area (Å²) in [5.41, 5.74) is 1.79. The van der Waals surface area contributed by atoms with Crippen molar-refractivity contribution in [2.75, 3.05) is 5.32 Å². The Morgan fingerprint density at radius 3 is 2.53 bits per heavy atom. The van der Waals surface area contributed by atoms with Crippen molar-refractivity contribution in [1.29, 1.82) is 0 Å². The number of amides is 1. The molecule has 0 aliphatic carbocycles. The Kier molecular flexibility index (Phi) is 5.33. The predicted octanol–water partition coefficient (Wildman–Crippen LogP) is 4.67. The molecule has 30 heavy (non-hydrogen) atoms. The van der Waals surface area contributed by atoms with Gasteiger partial charge in [-0.25, -0.2) is 9.37 Å². The van der Waals surface area contributed by atoms with Crippen molar-refractivity contribution in [3.05, 3.63) is 99.3 Å². The monoisotopic (exact) mass is 421 g/mol. The van der Waals surface area contributed by atoms with E-state index in [0.29, 0.717) is 28.1 Å². The molecular formula is C23H17ClFN3O2. The predicted molar refractivity (Wildman–Crippen MR) is 116 cm³/mol. The van der Waals surface area contributed by atoms with Crippen LogP contribution in [0, 0.1) is 12.7 Å². The summed E-state index contributed by atoms with van der Waals surface area (Å²) in [7, 11) is 0. The van der Waals surface area contributed by atoms with Gasteiger partial charge in [-0.15, -0.1) is 0 Å². The number of fused-ring (bicyclic) bond motifs is 1. The van der Waals surface area contributed by atoms with Crippen molar-refractivity contribution in [1.82, 2.24) is 9.55 Å². The molecule has 0 saturated carbocycles. The molecular weight excluding hydrogens is 405 g/mol. The Bertz CT molecular complexity index is 1300. The molecule has 0 fully saturated rings. The highest BCUT2D eigenvalue weighted by Gasteiger charge is 2.13. The first-order valence-electron chi connectivity index (χ1n) is 9.25. The highest BCUT2D eigenvalue weighted by molar-refractivity contribution is 6.31. The van der Waals surface area contributed by atoms with Gasteiger partial charge in [0.05, 0.1) is 23.0 Å². The molecule has 3 aromatic carbocycles. The first-order chi connectivity index (χ1) is 14.4. The van der Waals surface area contributed by atoms with E-state index in [0.717, 1.165) is 0 Å². The second-order valence-electron chi connectivity index (χ2n) is 6.79. The molecule has 7 heteroatoms. The smallest absolute Gasteiger partial charge is 0.265 e. The highest BCUT2D eigenvalue weighted by Crippen LogP contribution is 2.21. The summed E-state index contributed by atoms with van der Waals surface area (Å²) in [6.07, 6.45) is -0.180. The Hall–Kier alpha value is -3.51. The number of rotatable bonds is 4. The number of hydrogen-bond donors (Lipinski definition) is 1. The van der Waals surface area contributed by atoms with Gasteiger partial charge in [-0.3, -0.25) is 14.2 Å². The zero-order valence-electron chi connectivity index (χ0n) is 16.0. The highest BCUT2D eigenvalue weighted by atomic mass is 35.5. The molecule has 0 aliphatic heterocycles. The van der Waals surface area contributed by atoms with E-state index in [1.54, 1.807) is 55.5 Å². The van der Waals surface area contributed by atoms with Gasteiger partial charge < -0.3 is 5.32 Å². The van der Waals surface area contributed by atoms with Crippen molar-refractivity contribution in [3.8, 4) is 5.69 Å². The number of aryl methyl sites for hydroxylation is 1. The van der Waals surface area contributed by atoms with Gasteiger partial charge in [0.2, 0.25) is 5.91 Å². The van der Waals surface area contributed by atoms with Gasteiger partial charge in [0, 0.05) is 16.3 Å². The standard InChI is InChI=1S/C23H17ClFN3O2/c1-14-26-21-8-3-2-5-17(21)23(30)28(14)16-11-9-15(10-12-16)27-22(29)13-18-19(24)6-4-7-20(18)25/h2-12H,13H2,1H3,(H,27,29). The summed E-state index contributed by atoms with van der Waals surface area (Å²) >= 11 is 5.98. The van der Waals surface area contributed by atoms with Gasteiger partial charge in [-0.2, -0.15) is 0 Å². The lowest BCUT2D eigenvalue weighted by Crippen LogP contribution is -2.22. The summed E-state index contributed by atoms with van der Waals surface area (Å²) in [5.74, 6) is -0.355. The van der Waals surface area contributed by atoms with Crippen LogP contribution in [0.4, 0.5) is 10.1 Å². The molecule has 0 spiro atoms. The molecule has 1 heterocycles. The van der Waals surface area contributed by atoms with E-state index in [1.807, 2.05) is 6.07 Å². The zero-order valence-corrected chi connectivity index (χ0v) is 16.8. The van der Waals surface area contributed by atoms with Crippen molar-refractivity contribution in [2.45, 2.75) is 13.3 Å². The van der Waals surface area contributed by atoms with Crippen molar-refractivity contribution in [2.24, 2.45) is 0 Å². The van der Waals surface area contributed by atoms with Crippen LogP contribution in [-0.4, -0.2) is 15.5 Å². The summed E-state index contributed by atoms with van der Waals surface area (Å²) in [5, 5.41) is 3.45. The molecule has 0 aliphatic rings. The van der Waals surface area contributed by atoms with Gasteiger partial charge in [-0.1, -0.05) is 29.8 Å². The average molecular weight is 422 g/mol. The zero-order chi connectivity index (χ0) is 21.3. The molecule has 150 valence electrons. The quantitative estimate of drug-likeness (QED) is 0.521. The molecule has 0 bridgehead atoms. The van der Waals surface area contributed by atoms with Crippen LogP contribution in [0.2, 0.25) is 5.02 Å². The third-order valence-corrected chi connectivity index (χ3v) is 5.11. The van der Waals surface area contributed by atoms with Gasteiger partial charge in [0.15, 0.2) is 0 Å². The minimum atomic E-state index is -0.522. The van der Waals surface area contributed by atoms with Crippen molar-refractivity contribution < 1.29 is 9.18 Å². The van der Waals surface area contributed by atoms with Crippen LogP contribution < -0.4 is 10.9 Å². The third-order valence-electron chi connectivity index (χ3n) is 4.75. The molecule has 1 amide bonds. The Morgan fingerprint density at radius 2 is 1.80 bits per heavy atom. The van der Waals surface area contributed by atoms with E-state index in [9.17, 15) is 14.0 Å². The molecule has 0 saturated heterocycles. The number of benzene rings is 3. The topological polar surface area (TPSA) is 64.0 Å². The summed E-state index contributed by atoms with van der Waals surface area (Å²) < 4.78 is 15.4. The van der Waals surface area contributed by atoms with Crippen LogP contribution in [0.1, 0.15) is 11.4 Å². The lowest BCUT2D eigenvalue weighted by molar-refractivity contribution is -0.115. The fraction of sp³-hybridized carbons (Fsp3) is 0.0870. The molecule has 4 rings (SSSR count). The van der Waals surface area contributed by atoms with E-state index < -0.39 is 11.7 Å². The number of aromatic nitrogens is 2. The average Bonchev–Trinajstić information content (AvgIpc) is 2.72. The SMILES string of the molecule is Cc1nc2ccccc2c(=O)n1-c1ccc(NC(=O)Cc2c(F)cccc2Cl)cc1. The van der Waals surface area contributed by atoms with Crippen molar-refractivity contribution >= 4 is 34.1 Å². The number of nitrogens with one attached hydrogen (secondary N) is 1. The fourth-order valence-corrected chi connectivity index (χ4v) is 3.54. The molecule has 1 aromatic heterocycles. The number of carbonyl (C=O) groups is 1.